The van der Waals surface area contributed by atoms with Crippen molar-refractivity contribution < 1.29 is 4.74 Å². The van der Waals surface area contributed by atoms with Gasteiger partial charge in [0.15, 0.2) is 5.96 Å². The van der Waals surface area contributed by atoms with Crippen molar-refractivity contribution >= 4 is 41.3 Å². The molecule has 114 valence electrons. The number of rotatable bonds is 5. The molecule has 0 radical (unpaired) electrons. The van der Waals surface area contributed by atoms with Gasteiger partial charge in [-0.15, -0.1) is 35.3 Å². The van der Waals surface area contributed by atoms with Crippen LogP contribution < -0.4 is 10.6 Å². The Balaban J connectivity index is 0.00000200. The van der Waals surface area contributed by atoms with Gasteiger partial charge in [-0.2, -0.15) is 0 Å². The Morgan fingerprint density at radius 2 is 2.35 bits per heavy atom. The van der Waals surface area contributed by atoms with Crippen LogP contribution in [-0.2, 0) is 11.3 Å². The smallest absolute Gasteiger partial charge is 0.191 e. The Hall–Kier alpha value is -0.410. The van der Waals surface area contributed by atoms with Gasteiger partial charge >= 0.3 is 0 Å². The van der Waals surface area contributed by atoms with Crippen LogP contribution >= 0.6 is 35.3 Å². The van der Waals surface area contributed by atoms with Gasteiger partial charge in [0.1, 0.15) is 11.1 Å². The number of aromatic nitrogens is 1. The van der Waals surface area contributed by atoms with E-state index in [-0.39, 0.29) is 30.1 Å². The van der Waals surface area contributed by atoms with Gasteiger partial charge in [0.2, 0.25) is 0 Å². The zero-order chi connectivity index (χ0) is 13.8. The fraction of sp³-hybridized carbons (Fsp3) is 0.692. The van der Waals surface area contributed by atoms with Gasteiger partial charge in [-0.05, 0) is 19.3 Å². The first-order valence-electron chi connectivity index (χ1n) is 6.58. The first-order valence-corrected chi connectivity index (χ1v) is 7.46. The Morgan fingerprint density at radius 1 is 1.65 bits per heavy atom. The molecule has 0 aromatic carbocycles. The van der Waals surface area contributed by atoms with Crippen molar-refractivity contribution in [2.75, 3.05) is 14.2 Å². The summed E-state index contributed by atoms with van der Waals surface area (Å²) < 4.78 is 5.26. The lowest BCUT2D eigenvalue weighted by molar-refractivity contribution is 0.119. The molecule has 1 fully saturated rings. The topological polar surface area (TPSA) is 58.5 Å². The number of nitrogens with zero attached hydrogens (tertiary/aromatic N) is 2. The van der Waals surface area contributed by atoms with E-state index in [1.807, 2.05) is 6.92 Å². The summed E-state index contributed by atoms with van der Waals surface area (Å²) >= 11 is 1.63. The molecule has 7 heteroatoms. The lowest BCUT2D eigenvalue weighted by Crippen LogP contribution is -2.38. The lowest BCUT2D eigenvalue weighted by Gasteiger charge is -2.10. The third-order valence-electron chi connectivity index (χ3n) is 3.36. The monoisotopic (exact) mass is 410 g/mol. The van der Waals surface area contributed by atoms with E-state index in [1.54, 1.807) is 25.5 Å². The minimum absolute atomic E-state index is 0. The second kappa shape index (κ2) is 8.14. The molecular weight excluding hydrogens is 387 g/mol. The second-order valence-corrected chi connectivity index (χ2v) is 5.83. The maximum atomic E-state index is 5.26. The first kappa shape index (κ1) is 17.6. The maximum absolute atomic E-state index is 5.26. The molecule has 1 heterocycles. The van der Waals surface area contributed by atoms with Gasteiger partial charge in [-0.25, -0.2) is 4.98 Å². The predicted molar refractivity (Wildman–Crippen MR) is 93.9 cm³/mol. The van der Waals surface area contributed by atoms with E-state index < -0.39 is 0 Å². The minimum Gasteiger partial charge on any atom is -0.375 e. The van der Waals surface area contributed by atoms with Crippen LogP contribution in [0.4, 0.5) is 0 Å². The summed E-state index contributed by atoms with van der Waals surface area (Å²) in [6.07, 6.45) is 1.29. The van der Waals surface area contributed by atoms with Gasteiger partial charge in [0, 0.05) is 25.6 Å². The Kier molecular flexibility index (Phi) is 7.18. The Morgan fingerprint density at radius 3 is 2.90 bits per heavy atom. The van der Waals surface area contributed by atoms with Crippen LogP contribution in [0.1, 0.15) is 37.1 Å². The number of nitrogens with one attached hydrogen (secondary N) is 2. The van der Waals surface area contributed by atoms with Gasteiger partial charge in [0.25, 0.3) is 0 Å². The summed E-state index contributed by atoms with van der Waals surface area (Å²) in [5.74, 6) is 1.61. The third kappa shape index (κ3) is 4.85. The van der Waals surface area contributed by atoms with Crippen molar-refractivity contribution in [2.24, 2.45) is 10.9 Å². The molecule has 0 spiro atoms. The molecule has 20 heavy (non-hydrogen) atoms. The zero-order valence-corrected chi connectivity index (χ0v) is 15.5. The number of hydrogen-bond acceptors (Lipinski definition) is 4. The van der Waals surface area contributed by atoms with Gasteiger partial charge in [-0.1, -0.05) is 6.92 Å². The number of guanidine groups is 1. The molecule has 3 atom stereocenters. The average molecular weight is 410 g/mol. The fourth-order valence-electron chi connectivity index (χ4n) is 1.76. The highest BCUT2D eigenvalue weighted by molar-refractivity contribution is 14.0. The van der Waals surface area contributed by atoms with Gasteiger partial charge in [0.05, 0.1) is 12.2 Å². The molecule has 0 bridgehead atoms. The van der Waals surface area contributed by atoms with E-state index in [4.69, 9.17) is 4.74 Å². The molecule has 0 amide bonds. The summed E-state index contributed by atoms with van der Waals surface area (Å²) in [5, 5.41) is 9.75. The van der Waals surface area contributed by atoms with E-state index in [2.05, 4.69) is 32.9 Å². The first-order chi connectivity index (χ1) is 9.13. The van der Waals surface area contributed by atoms with Crippen LogP contribution in [0.15, 0.2) is 10.4 Å². The largest absolute Gasteiger partial charge is 0.375 e. The molecule has 1 aromatic heterocycles. The molecule has 1 aliphatic carbocycles. The molecule has 3 unspecified atom stereocenters. The van der Waals surface area contributed by atoms with Crippen molar-refractivity contribution in [2.45, 2.75) is 39.0 Å². The van der Waals surface area contributed by atoms with E-state index in [0.29, 0.717) is 12.6 Å². The highest BCUT2D eigenvalue weighted by Crippen LogP contribution is 2.28. The number of methoxy groups -OCH3 is 1. The normalized spacial score (nSPS) is 22.9. The molecular formula is C13H23IN4OS. The zero-order valence-electron chi connectivity index (χ0n) is 12.3. The van der Waals surface area contributed by atoms with Crippen LogP contribution in [0.5, 0.6) is 0 Å². The van der Waals surface area contributed by atoms with Crippen LogP contribution in [0.25, 0.3) is 0 Å². The number of aliphatic imine (C=N–C) groups is 1. The predicted octanol–water partition coefficient (Wildman–Crippen LogP) is 2.54. The summed E-state index contributed by atoms with van der Waals surface area (Å²) in [7, 11) is 3.49. The van der Waals surface area contributed by atoms with Gasteiger partial charge < -0.3 is 15.4 Å². The highest BCUT2D eigenvalue weighted by Gasteiger charge is 2.33. The van der Waals surface area contributed by atoms with E-state index in [9.17, 15) is 0 Å². The van der Waals surface area contributed by atoms with Crippen LogP contribution in [-0.4, -0.2) is 31.1 Å². The summed E-state index contributed by atoms with van der Waals surface area (Å²) in [6, 6.07) is 0.575. The minimum atomic E-state index is 0. The summed E-state index contributed by atoms with van der Waals surface area (Å²) in [6.45, 7) is 4.93. The van der Waals surface area contributed by atoms with E-state index in [0.717, 1.165) is 22.6 Å². The molecule has 1 saturated carbocycles. The molecule has 0 saturated heterocycles. The maximum Gasteiger partial charge on any atom is 0.191 e. The fourth-order valence-corrected chi connectivity index (χ4v) is 2.61. The third-order valence-corrected chi connectivity index (χ3v) is 4.42. The van der Waals surface area contributed by atoms with Crippen LogP contribution in [0.3, 0.4) is 0 Å². The van der Waals surface area contributed by atoms with E-state index >= 15 is 0 Å². The lowest BCUT2D eigenvalue weighted by atomic mass is 10.4. The molecule has 1 aliphatic rings. The number of thiazole rings is 1. The van der Waals surface area contributed by atoms with Crippen molar-refractivity contribution in [3.63, 3.8) is 0 Å². The van der Waals surface area contributed by atoms with Crippen molar-refractivity contribution in [3.8, 4) is 0 Å². The SMILES string of the molecule is CN=C(NCc1csc(C(C)OC)n1)NC1CC1C.I. The summed E-state index contributed by atoms with van der Waals surface area (Å²) in [5.41, 5.74) is 1.02. The quantitative estimate of drug-likeness (QED) is 0.445. The highest BCUT2D eigenvalue weighted by atomic mass is 127. The van der Waals surface area contributed by atoms with Crippen LogP contribution in [0.2, 0.25) is 0 Å². The second-order valence-electron chi connectivity index (χ2n) is 4.94. The number of halogens is 1. The molecule has 5 nitrogen and oxygen atoms in total. The van der Waals surface area contributed by atoms with E-state index in [1.165, 1.54) is 6.42 Å². The van der Waals surface area contributed by atoms with Crippen LogP contribution in [0, 0.1) is 5.92 Å². The average Bonchev–Trinajstić information content (AvgIpc) is 2.93. The Bertz CT molecular complexity index is 451. The van der Waals surface area contributed by atoms with Crippen molar-refractivity contribution in [1.29, 1.82) is 0 Å². The molecule has 0 aliphatic heterocycles. The molecule has 2 N–H and O–H groups in total. The molecule has 1 aromatic rings. The van der Waals surface area contributed by atoms with Gasteiger partial charge in [-0.3, -0.25) is 4.99 Å². The number of ether oxygens (including phenoxy) is 1. The standard InChI is InChI=1S/C13H22N4OS.HI/c1-8-5-11(8)17-13(14-3)15-6-10-7-19-12(16-10)9(2)18-4;/h7-9,11H,5-6H2,1-4H3,(H2,14,15,17);1H. The molecule has 2 rings (SSSR count). The number of hydrogen-bond donors (Lipinski definition) is 2. The van der Waals surface area contributed by atoms with Crippen molar-refractivity contribution in [1.82, 2.24) is 15.6 Å². The Labute approximate surface area is 141 Å². The summed E-state index contributed by atoms with van der Waals surface area (Å²) in [4.78, 5) is 8.77. The van der Waals surface area contributed by atoms with Crippen molar-refractivity contribution in [3.05, 3.63) is 16.1 Å².